The smallest absolute Gasteiger partial charge is 0.244 e. The molecule has 0 fully saturated rings. The molecule has 0 spiro atoms. The number of halogens is 1. The lowest BCUT2D eigenvalue weighted by atomic mass is 10.1. The third kappa shape index (κ3) is 4.09. The van der Waals surface area contributed by atoms with Crippen LogP contribution >= 0.6 is 11.6 Å². The van der Waals surface area contributed by atoms with E-state index in [4.69, 9.17) is 21.1 Å². The van der Waals surface area contributed by atoms with E-state index in [0.29, 0.717) is 24.0 Å². The van der Waals surface area contributed by atoms with Crippen LogP contribution in [0.4, 0.5) is 0 Å². The number of ether oxygens (including phenoxy) is 2. The van der Waals surface area contributed by atoms with Gasteiger partial charge in [0.1, 0.15) is 13.2 Å². The third-order valence-corrected chi connectivity index (χ3v) is 3.97. The van der Waals surface area contributed by atoms with Gasteiger partial charge in [0.2, 0.25) is 5.91 Å². The molecule has 24 heavy (non-hydrogen) atoms. The number of amides is 1. The number of fused-ring (bicyclic) bond motifs is 1. The molecule has 0 aromatic heterocycles. The van der Waals surface area contributed by atoms with Crippen LogP contribution in [-0.4, -0.2) is 19.1 Å². The Hall–Kier alpha value is -2.46. The van der Waals surface area contributed by atoms with E-state index in [1.54, 1.807) is 6.08 Å². The van der Waals surface area contributed by atoms with Gasteiger partial charge in [0.15, 0.2) is 11.5 Å². The maximum atomic E-state index is 12.1. The largest absolute Gasteiger partial charge is 0.486 e. The van der Waals surface area contributed by atoms with Crippen molar-refractivity contribution < 1.29 is 14.3 Å². The lowest BCUT2D eigenvalue weighted by molar-refractivity contribution is -0.117. The molecule has 0 saturated carbocycles. The van der Waals surface area contributed by atoms with E-state index in [-0.39, 0.29) is 11.9 Å². The molecule has 2 aromatic carbocycles. The number of nitrogens with one attached hydrogen (secondary N) is 1. The third-order valence-electron chi connectivity index (χ3n) is 3.72. The monoisotopic (exact) mass is 343 g/mol. The number of hydrogen-bond donors (Lipinski definition) is 1. The minimum atomic E-state index is -0.160. The van der Waals surface area contributed by atoms with E-state index < -0.39 is 0 Å². The first-order valence-electron chi connectivity index (χ1n) is 7.75. The topological polar surface area (TPSA) is 47.6 Å². The van der Waals surface area contributed by atoms with Crippen LogP contribution in [0.1, 0.15) is 24.1 Å². The van der Waals surface area contributed by atoms with Crippen molar-refractivity contribution in [1.82, 2.24) is 5.32 Å². The van der Waals surface area contributed by atoms with Crippen LogP contribution in [0.3, 0.4) is 0 Å². The van der Waals surface area contributed by atoms with Crippen molar-refractivity contribution in [2.75, 3.05) is 13.2 Å². The number of carbonyl (C=O) groups is 1. The van der Waals surface area contributed by atoms with Crippen molar-refractivity contribution in [3.63, 3.8) is 0 Å². The number of rotatable bonds is 4. The predicted molar refractivity (Wildman–Crippen MR) is 94.5 cm³/mol. The van der Waals surface area contributed by atoms with Gasteiger partial charge >= 0.3 is 0 Å². The van der Waals surface area contributed by atoms with Crippen molar-refractivity contribution >= 4 is 23.6 Å². The summed E-state index contributed by atoms with van der Waals surface area (Å²) in [5.41, 5.74) is 1.88. The first kappa shape index (κ1) is 16.4. The second kappa shape index (κ2) is 7.41. The molecular formula is C19H18ClNO3. The van der Waals surface area contributed by atoms with Gasteiger partial charge in [-0.05, 0) is 48.4 Å². The summed E-state index contributed by atoms with van der Waals surface area (Å²) in [5, 5.41) is 3.60. The van der Waals surface area contributed by atoms with Crippen molar-refractivity contribution in [3.05, 3.63) is 64.7 Å². The fourth-order valence-corrected chi connectivity index (χ4v) is 2.56. The van der Waals surface area contributed by atoms with Crippen LogP contribution in [0.5, 0.6) is 11.5 Å². The molecule has 1 aliphatic rings. The number of hydrogen-bond acceptors (Lipinski definition) is 3. The van der Waals surface area contributed by atoms with Crippen molar-refractivity contribution in [2.45, 2.75) is 13.0 Å². The lowest BCUT2D eigenvalue weighted by Crippen LogP contribution is -2.24. The Morgan fingerprint density at radius 2 is 1.83 bits per heavy atom. The SMILES string of the molecule is C[C@@H](NC(=O)/C=C/c1ccc2c(c1)OCCO2)c1ccc(Cl)cc1. The Balaban J connectivity index is 1.61. The molecular weight excluding hydrogens is 326 g/mol. The van der Waals surface area contributed by atoms with Gasteiger partial charge in [0.25, 0.3) is 0 Å². The summed E-state index contributed by atoms with van der Waals surface area (Å²) in [6, 6.07) is 12.9. The highest BCUT2D eigenvalue weighted by atomic mass is 35.5. The highest BCUT2D eigenvalue weighted by Gasteiger charge is 2.11. The molecule has 0 aliphatic carbocycles. The van der Waals surface area contributed by atoms with Crippen molar-refractivity contribution in [3.8, 4) is 11.5 Å². The van der Waals surface area contributed by atoms with E-state index in [0.717, 1.165) is 16.9 Å². The molecule has 1 atom stereocenters. The Kier molecular flexibility index (Phi) is 5.06. The highest BCUT2D eigenvalue weighted by Crippen LogP contribution is 2.31. The fraction of sp³-hybridized carbons (Fsp3) is 0.211. The van der Waals surface area contributed by atoms with E-state index in [9.17, 15) is 4.79 Å². The van der Waals surface area contributed by atoms with Gasteiger partial charge in [-0.3, -0.25) is 4.79 Å². The quantitative estimate of drug-likeness (QED) is 0.853. The second-order valence-electron chi connectivity index (χ2n) is 5.52. The summed E-state index contributed by atoms with van der Waals surface area (Å²) >= 11 is 5.87. The minimum Gasteiger partial charge on any atom is -0.486 e. The highest BCUT2D eigenvalue weighted by molar-refractivity contribution is 6.30. The van der Waals surface area contributed by atoms with E-state index in [1.807, 2.05) is 49.4 Å². The zero-order chi connectivity index (χ0) is 16.9. The average molecular weight is 344 g/mol. The standard InChI is InChI=1S/C19H18ClNO3/c1-13(15-4-6-16(20)7-5-15)21-19(22)9-3-14-2-8-17-18(12-14)24-11-10-23-17/h2-9,12-13H,10-11H2,1H3,(H,21,22)/b9-3+/t13-/m1/s1. The summed E-state index contributed by atoms with van der Waals surface area (Å²) in [7, 11) is 0. The Bertz CT molecular complexity index is 756. The molecule has 1 heterocycles. The van der Waals surface area contributed by atoms with E-state index >= 15 is 0 Å². The summed E-state index contributed by atoms with van der Waals surface area (Å²) in [5.74, 6) is 1.28. The average Bonchev–Trinajstić information content (AvgIpc) is 2.60. The first-order valence-corrected chi connectivity index (χ1v) is 8.13. The van der Waals surface area contributed by atoms with Crippen LogP contribution < -0.4 is 14.8 Å². The number of benzene rings is 2. The maximum absolute atomic E-state index is 12.1. The Morgan fingerprint density at radius 1 is 1.12 bits per heavy atom. The normalized spacial score (nSPS) is 14.4. The molecule has 3 rings (SSSR count). The molecule has 0 unspecified atom stereocenters. The fourth-order valence-electron chi connectivity index (χ4n) is 2.43. The molecule has 0 bridgehead atoms. The van der Waals surface area contributed by atoms with Crippen molar-refractivity contribution in [1.29, 1.82) is 0 Å². The second-order valence-corrected chi connectivity index (χ2v) is 5.95. The first-order chi connectivity index (χ1) is 11.6. The number of carbonyl (C=O) groups excluding carboxylic acids is 1. The van der Waals surface area contributed by atoms with Gasteiger partial charge in [0, 0.05) is 11.1 Å². The molecule has 0 saturated heterocycles. The summed E-state index contributed by atoms with van der Waals surface area (Å²) < 4.78 is 11.0. The van der Waals surface area contributed by atoms with Crippen LogP contribution in [0, 0.1) is 0 Å². The summed E-state index contributed by atoms with van der Waals surface area (Å²) in [6.45, 7) is 3.03. The van der Waals surface area contributed by atoms with Crippen LogP contribution in [0.2, 0.25) is 5.02 Å². The van der Waals surface area contributed by atoms with Crippen LogP contribution in [0.25, 0.3) is 6.08 Å². The Labute approximate surface area is 146 Å². The molecule has 0 radical (unpaired) electrons. The van der Waals surface area contributed by atoms with Gasteiger partial charge in [0.05, 0.1) is 6.04 Å². The molecule has 4 nitrogen and oxygen atoms in total. The molecule has 1 amide bonds. The van der Waals surface area contributed by atoms with Gasteiger partial charge < -0.3 is 14.8 Å². The predicted octanol–water partition coefficient (Wildman–Crippen LogP) is 4.00. The minimum absolute atomic E-state index is 0.0975. The van der Waals surface area contributed by atoms with Gasteiger partial charge in [-0.2, -0.15) is 0 Å². The van der Waals surface area contributed by atoms with Gasteiger partial charge in [-0.1, -0.05) is 29.8 Å². The summed E-state index contributed by atoms with van der Waals surface area (Å²) in [4.78, 5) is 12.1. The Morgan fingerprint density at radius 3 is 2.58 bits per heavy atom. The zero-order valence-corrected chi connectivity index (χ0v) is 14.0. The molecule has 124 valence electrons. The molecule has 5 heteroatoms. The van der Waals surface area contributed by atoms with Crippen LogP contribution in [-0.2, 0) is 4.79 Å². The van der Waals surface area contributed by atoms with Crippen molar-refractivity contribution in [2.24, 2.45) is 0 Å². The summed E-state index contributed by atoms with van der Waals surface area (Å²) in [6.07, 6.45) is 3.26. The van der Waals surface area contributed by atoms with Crippen LogP contribution in [0.15, 0.2) is 48.5 Å². The van der Waals surface area contributed by atoms with E-state index in [1.165, 1.54) is 6.08 Å². The molecule has 1 N–H and O–H groups in total. The lowest BCUT2D eigenvalue weighted by Gasteiger charge is -2.18. The van der Waals surface area contributed by atoms with Gasteiger partial charge in [-0.15, -0.1) is 0 Å². The van der Waals surface area contributed by atoms with Gasteiger partial charge in [-0.25, -0.2) is 0 Å². The zero-order valence-electron chi connectivity index (χ0n) is 13.3. The molecule has 2 aromatic rings. The van der Waals surface area contributed by atoms with E-state index in [2.05, 4.69) is 5.32 Å². The molecule has 1 aliphatic heterocycles. The maximum Gasteiger partial charge on any atom is 0.244 e.